The molecule has 94 valence electrons. The van der Waals surface area contributed by atoms with E-state index in [1.165, 1.54) is 4.90 Å². The molecule has 0 spiro atoms. The predicted molar refractivity (Wildman–Crippen MR) is 81.7 cm³/mol. The monoisotopic (exact) mass is 257 g/mol. The molecule has 0 saturated heterocycles. The smallest absolute Gasteiger partial charge is 0.0395 e. The summed E-state index contributed by atoms with van der Waals surface area (Å²) in [5.74, 6) is 1.88. The van der Waals surface area contributed by atoms with Crippen LogP contribution in [0.25, 0.3) is 0 Å². The van der Waals surface area contributed by atoms with Gasteiger partial charge in [0.15, 0.2) is 0 Å². The van der Waals surface area contributed by atoms with Gasteiger partial charge in [-0.2, -0.15) is 0 Å². The Hall–Kier alpha value is -1.41. The van der Waals surface area contributed by atoms with Crippen LogP contribution in [-0.2, 0) is 0 Å². The van der Waals surface area contributed by atoms with Crippen LogP contribution in [-0.4, -0.2) is 5.75 Å². The molecule has 0 atom stereocenters. The van der Waals surface area contributed by atoms with Crippen molar-refractivity contribution in [3.05, 3.63) is 54.6 Å². The molecule has 0 aromatic heterocycles. The Morgan fingerprint density at radius 3 is 2.39 bits per heavy atom. The van der Waals surface area contributed by atoms with E-state index in [-0.39, 0.29) is 0 Å². The normalized spacial score (nSPS) is 10.6. The summed E-state index contributed by atoms with van der Waals surface area (Å²) in [7, 11) is 0. The van der Waals surface area contributed by atoms with Gasteiger partial charge in [0, 0.05) is 22.0 Å². The highest BCUT2D eigenvalue weighted by Crippen LogP contribution is 2.25. The van der Waals surface area contributed by atoms with Gasteiger partial charge in [-0.25, -0.2) is 0 Å². The molecular weight excluding hydrogens is 238 g/mol. The topological polar surface area (TPSA) is 12.0 Å². The van der Waals surface area contributed by atoms with Crippen molar-refractivity contribution in [3.8, 4) is 0 Å². The number of para-hydroxylation sites is 1. The summed E-state index contributed by atoms with van der Waals surface area (Å²) < 4.78 is 0. The fourth-order valence-electron chi connectivity index (χ4n) is 1.61. The number of thioether (sulfide) groups is 1. The molecule has 0 amide bonds. The minimum Gasteiger partial charge on any atom is -0.355 e. The van der Waals surface area contributed by atoms with E-state index in [0.717, 1.165) is 23.0 Å². The van der Waals surface area contributed by atoms with Crippen molar-refractivity contribution in [2.45, 2.75) is 18.7 Å². The third kappa shape index (κ3) is 4.11. The maximum atomic E-state index is 3.42. The fourth-order valence-corrected chi connectivity index (χ4v) is 2.53. The van der Waals surface area contributed by atoms with Gasteiger partial charge >= 0.3 is 0 Å². The first-order valence-corrected chi connectivity index (χ1v) is 7.27. The number of nitrogens with one attached hydrogen (secondary N) is 1. The second kappa shape index (κ2) is 6.50. The highest BCUT2D eigenvalue weighted by atomic mass is 32.2. The third-order valence-electron chi connectivity index (χ3n) is 2.48. The second-order valence-corrected chi connectivity index (χ2v) is 5.82. The first-order chi connectivity index (χ1) is 8.74. The lowest BCUT2D eigenvalue weighted by molar-refractivity contribution is 0.750. The SMILES string of the molecule is CC(C)CSc1cccc(Nc2ccccc2)c1. The average molecular weight is 257 g/mol. The van der Waals surface area contributed by atoms with Crippen molar-refractivity contribution >= 4 is 23.1 Å². The molecule has 2 aromatic rings. The predicted octanol–water partition coefficient (Wildman–Crippen LogP) is 5.18. The lowest BCUT2D eigenvalue weighted by atomic mass is 10.3. The first kappa shape index (κ1) is 13.0. The van der Waals surface area contributed by atoms with Crippen molar-refractivity contribution < 1.29 is 0 Å². The summed E-state index contributed by atoms with van der Waals surface area (Å²) in [4.78, 5) is 1.32. The molecule has 2 heteroatoms. The van der Waals surface area contributed by atoms with Crippen LogP contribution >= 0.6 is 11.8 Å². The molecule has 2 aromatic carbocycles. The second-order valence-electron chi connectivity index (χ2n) is 4.72. The molecule has 1 nitrogen and oxygen atoms in total. The van der Waals surface area contributed by atoms with Gasteiger partial charge in [0.1, 0.15) is 0 Å². The highest BCUT2D eigenvalue weighted by Gasteiger charge is 1.99. The molecular formula is C16H19NS. The summed E-state index contributed by atoms with van der Waals surface area (Å²) in [6.07, 6.45) is 0. The third-order valence-corrected chi connectivity index (χ3v) is 3.90. The Balaban J connectivity index is 2.03. The molecule has 2 rings (SSSR count). The lowest BCUT2D eigenvalue weighted by Crippen LogP contribution is -1.92. The van der Waals surface area contributed by atoms with Crippen molar-refractivity contribution in [3.63, 3.8) is 0 Å². The van der Waals surface area contributed by atoms with E-state index in [2.05, 4.69) is 55.6 Å². The number of rotatable bonds is 5. The molecule has 18 heavy (non-hydrogen) atoms. The largest absolute Gasteiger partial charge is 0.355 e. The quantitative estimate of drug-likeness (QED) is 0.741. The molecule has 0 radical (unpaired) electrons. The van der Waals surface area contributed by atoms with E-state index in [0.29, 0.717) is 0 Å². The number of hydrogen-bond acceptors (Lipinski definition) is 2. The van der Waals surface area contributed by atoms with E-state index in [1.807, 2.05) is 30.0 Å². The van der Waals surface area contributed by atoms with Gasteiger partial charge in [-0.15, -0.1) is 11.8 Å². The van der Waals surface area contributed by atoms with Crippen LogP contribution in [0.3, 0.4) is 0 Å². The summed E-state index contributed by atoms with van der Waals surface area (Å²) in [5, 5.41) is 3.42. The van der Waals surface area contributed by atoms with E-state index < -0.39 is 0 Å². The first-order valence-electron chi connectivity index (χ1n) is 6.29. The van der Waals surface area contributed by atoms with Gasteiger partial charge < -0.3 is 5.32 Å². The van der Waals surface area contributed by atoms with Crippen LogP contribution in [0.5, 0.6) is 0 Å². The van der Waals surface area contributed by atoms with Crippen LogP contribution < -0.4 is 5.32 Å². The lowest BCUT2D eigenvalue weighted by Gasteiger charge is -2.09. The summed E-state index contributed by atoms with van der Waals surface area (Å²) in [6.45, 7) is 4.50. The minimum absolute atomic E-state index is 0.723. The maximum absolute atomic E-state index is 3.42. The zero-order valence-electron chi connectivity index (χ0n) is 10.9. The van der Waals surface area contributed by atoms with Gasteiger partial charge in [-0.3, -0.25) is 0 Å². The number of anilines is 2. The molecule has 0 heterocycles. The Kier molecular flexibility index (Phi) is 4.71. The van der Waals surface area contributed by atoms with Gasteiger partial charge in [0.25, 0.3) is 0 Å². The molecule has 0 bridgehead atoms. The van der Waals surface area contributed by atoms with Crippen molar-refractivity contribution in [1.82, 2.24) is 0 Å². The van der Waals surface area contributed by atoms with E-state index >= 15 is 0 Å². The summed E-state index contributed by atoms with van der Waals surface area (Å²) in [5.41, 5.74) is 2.28. The van der Waals surface area contributed by atoms with Gasteiger partial charge in [-0.1, -0.05) is 38.1 Å². The molecule has 0 saturated carbocycles. The zero-order chi connectivity index (χ0) is 12.8. The van der Waals surface area contributed by atoms with Crippen LogP contribution in [0.4, 0.5) is 11.4 Å². The summed E-state index contributed by atoms with van der Waals surface area (Å²) >= 11 is 1.91. The standard InChI is InChI=1S/C16H19NS/c1-13(2)12-18-16-10-6-9-15(11-16)17-14-7-4-3-5-8-14/h3-11,13,17H,12H2,1-2H3. The zero-order valence-corrected chi connectivity index (χ0v) is 11.7. The molecule has 0 aliphatic rings. The number of hydrogen-bond donors (Lipinski definition) is 1. The Bertz CT molecular complexity index is 479. The van der Waals surface area contributed by atoms with E-state index in [4.69, 9.17) is 0 Å². The Morgan fingerprint density at radius 2 is 1.67 bits per heavy atom. The molecule has 0 unspecified atom stereocenters. The highest BCUT2D eigenvalue weighted by molar-refractivity contribution is 7.99. The molecule has 0 fully saturated rings. The minimum atomic E-state index is 0.723. The Morgan fingerprint density at radius 1 is 0.944 bits per heavy atom. The van der Waals surface area contributed by atoms with Crippen molar-refractivity contribution in [2.24, 2.45) is 5.92 Å². The van der Waals surface area contributed by atoms with Crippen LogP contribution in [0.15, 0.2) is 59.5 Å². The maximum Gasteiger partial charge on any atom is 0.0395 e. The van der Waals surface area contributed by atoms with Crippen LogP contribution in [0, 0.1) is 5.92 Å². The molecule has 0 aliphatic carbocycles. The van der Waals surface area contributed by atoms with Gasteiger partial charge in [-0.05, 0) is 36.2 Å². The van der Waals surface area contributed by atoms with Crippen molar-refractivity contribution in [2.75, 3.05) is 11.1 Å². The van der Waals surface area contributed by atoms with Gasteiger partial charge in [0.05, 0.1) is 0 Å². The fraction of sp³-hybridized carbons (Fsp3) is 0.250. The Labute approximate surface area is 114 Å². The van der Waals surface area contributed by atoms with Crippen LogP contribution in [0.1, 0.15) is 13.8 Å². The van der Waals surface area contributed by atoms with Crippen LogP contribution in [0.2, 0.25) is 0 Å². The van der Waals surface area contributed by atoms with E-state index in [9.17, 15) is 0 Å². The van der Waals surface area contributed by atoms with Crippen molar-refractivity contribution in [1.29, 1.82) is 0 Å². The van der Waals surface area contributed by atoms with Gasteiger partial charge in [0.2, 0.25) is 0 Å². The van der Waals surface area contributed by atoms with E-state index in [1.54, 1.807) is 0 Å². The number of benzene rings is 2. The summed E-state index contributed by atoms with van der Waals surface area (Å²) in [6, 6.07) is 18.9. The molecule has 1 N–H and O–H groups in total. The molecule has 0 aliphatic heterocycles. The average Bonchev–Trinajstić information content (AvgIpc) is 2.38.